The summed E-state index contributed by atoms with van der Waals surface area (Å²) in [6, 6.07) is 8.70. The molecular formula is C25H24O5. The smallest absolute Gasteiger partial charge is 0.338 e. The molecule has 0 aliphatic carbocycles. The fourth-order valence-electron chi connectivity index (χ4n) is 2.67. The van der Waals surface area contributed by atoms with E-state index in [4.69, 9.17) is 14.2 Å². The van der Waals surface area contributed by atoms with Crippen molar-refractivity contribution in [2.24, 2.45) is 0 Å². The normalized spacial score (nSPS) is 9.83. The van der Waals surface area contributed by atoms with Crippen LogP contribution in [0.15, 0.2) is 67.5 Å². The Bertz CT molecular complexity index is 1040. The Hall–Kier alpha value is -3.86. The summed E-state index contributed by atoms with van der Waals surface area (Å²) in [6.45, 7) is 17.0. The molecule has 0 bridgehead atoms. The predicted octanol–water partition coefficient (Wildman–Crippen LogP) is 5.96. The molecule has 2 rings (SSSR count). The molecule has 0 saturated carbocycles. The van der Waals surface area contributed by atoms with Crippen LogP contribution in [0, 0.1) is 0 Å². The van der Waals surface area contributed by atoms with Gasteiger partial charge in [-0.1, -0.05) is 44.0 Å². The summed E-state index contributed by atoms with van der Waals surface area (Å²) < 4.78 is 16.1. The van der Waals surface area contributed by atoms with Crippen molar-refractivity contribution >= 4 is 24.6 Å². The molecule has 0 amide bonds. The zero-order chi connectivity index (χ0) is 22.3. The first-order valence-electron chi connectivity index (χ1n) is 9.16. The first-order chi connectivity index (χ1) is 14.3. The van der Waals surface area contributed by atoms with Crippen LogP contribution in [0.25, 0.3) is 23.3 Å². The molecule has 0 aliphatic rings. The maximum atomic E-state index is 12.0. The van der Waals surface area contributed by atoms with Crippen molar-refractivity contribution in [1.82, 2.24) is 0 Å². The van der Waals surface area contributed by atoms with Gasteiger partial charge in [-0.15, -0.1) is 0 Å². The standard InChI is InChI=1S/C25H24O5/c1-7-19-20(8-2)22(30-25(27)17(5)6)12-10-21(19)18-9-11-23(29-15-26)24(13-18)28-14-16(3)4/h7-15H,1-2,5H2,3-4,6H3. The molecule has 0 fully saturated rings. The summed E-state index contributed by atoms with van der Waals surface area (Å²) in [6.07, 6.45) is 4.84. The van der Waals surface area contributed by atoms with Crippen LogP contribution in [-0.4, -0.2) is 12.4 Å². The second-order valence-electron chi connectivity index (χ2n) is 6.71. The van der Waals surface area contributed by atoms with Crippen LogP contribution in [0.5, 0.6) is 17.2 Å². The summed E-state index contributed by atoms with van der Waals surface area (Å²) >= 11 is 0. The van der Waals surface area contributed by atoms with Gasteiger partial charge in [0.25, 0.3) is 6.47 Å². The van der Waals surface area contributed by atoms with E-state index in [-0.39, 0.29) is 0 Å². The van der Waals surface area contributed by atoms with Gasteiger partial charge in [0.2, 0.25) is 0 Å². The highest BCUT2D eigenvalue weighted by Gasteiger charge is 2.16. The Morgan fingerprint density at radius 3 is 2.13 bits per heavy atom. The van der Waals surface area contributed by atoms with Crippen LogP contribution >= 0.6 is 0 Å². The minimum Gasteiger partial charge on any atom is -0.461 e. The second kappa shape index (κ2) is 10.1. The molecule has 0 spiro atoms. The first kappa shape index (κ1) is 22.4. The fraction of sp³-hybridized carbons (Fsp3) is 0.120. The van der Waals surface area contributed by atoms with Crippen LogP contribution in [0.4, 0.5) is 0 Å². The molecule has 2 aromatic rings. The maximum Gasteiger partial charge on any atom is 0.338 e. The zero-order valence-electron chi connectivity index (χ0n) is 17.4. The third-order valence-corrected chi connectivity index (χ3v) is 4.06. The van der Waals surface area contributed by atoms with Gasteiger partial charge in [0, 0.05) is 11.1 Å². The zero-order valence-corrected chi connectivity index (χ0v) is 17.4. The lowest BCUT2D eigenvalue weighted by Gasteiger charge is -2.16. The van der Waals surface area contributed by atoms with Crippen LogP contribution in [0.2, 0.25) is 0 Å². The highest BCUT2D eigenvalue weighted by molar-refractivity contribution is 5.91. The Balaban J connectivity index is 2.61. The van der Waals surface area contributed by atoms with E-state index in [1.54, 1.807) is 49.6 Å². The van der Waals surface area contributed by atoms with E-state index >= 15 is 0 Å². The lowest BCUT2D eigenvalue weighted by molar-refractivity contribution is -0.130. The molecule has 154 valence electrons. The third-order valence-electron chi connectivity index (χ3n) is 4.06. The van der Waals surface area contributed by atoms with Crippen LogP contribution in [0.1, 0.15) is 31.9 Å². The van der Waals surface area contributed by atoms with E-state index in [1.807, 2.05) is 19.9 Å². The summed E-state index contributed by atoms with van der Waals surface area (Å²) in [4.78, 5) is 22.8. The Kier molecular flexibility index (Phi) is 7.53. The number of esters is 1. The maximum absolute atomic E-state index is 12.0. The van der Waals surface area contributed by atoms with E-state index in [0.29, 0.717) is 34.9 Å². The predicted molar refractivity (Wildman–Crippen MR) is 119 cm³/mol. The number of ether oxygens (including phenoxy) is 3. The van der Waals surface area contributed by atoms with Crippen molar-refractivity contribution in [2.45, 2.75) is 20.8 Å². The van der Waals surface area contributed by atoms with E-state index in [1.165, 1.54) is 0 Å². The molecule has 5 nitrogen and oxygen atoms in total. The minimum absolute atomic E-state index is 0.293. The molecule has 30 heavy (non-hydrogen) atoms. The SMILES string of the molecule is C=Cc1c(OC(=O)C(=C)C)ccc(-c2ccc(OC=O)c(OC=C(C)C)c2)c1C=C. The van der Waals surface area contributed by atoms with Crippen molar-refractivity contribution in [3.63, 3.8) is 0 Å². The van der Waals surface area contributed by atoms with Gasteiger partial charge in [0.1, 0.15) is 5.75 Å². The van der Waals surface area contributed by atoms with E-state index in [2.05, 4.69) is 19.7 Å². The monoisotopic (exact) mass is 404 g/mol. The molecule has 0 radical (unpaired) electrons. The number of hydrogen-bond donors (Lipinski definition) is 0. The molecule has 0 unspecified atom stereocenters. The summed E-state index contributed by atoms with van der Waals surface area (Å²) in [7, 11) is 0. The number of carbonyl (C=O) groups excluding carboxylic acids is 2. The van der Waals surface area contributed by atoms with E-state index in [0.717, 1.165) is 22.3 Å². The fourth-order valence-corrected chi connectivity index (χ4v) is 2.67. The van der Waals surface area contributed by atoms with Gasteiger partial charge in [0.15, 0.2) is 11.5 Å². The molecule has 0 heterocycles. The van der Waals surface area contributed by atoms with E-state index in [9.17, 15) is 9.59 Å². The van der Waals surface area contributed by atoms with Crippen LogP contribution < -0.4 is 14.2 Å². The van der Waals surface area contributed by atoms with Gasteiger partial charge in [0.05, 0.1) is 6.26 Å². The quantitative estimate of drug-likeness (QED) is 0.170. The first-order valence-corrected chi connectivity index (χ1v) is 9.16. The molecule has 0 aromatic heterocycles. The van der Waals surface area contributed by atoms with Gasteiger partial charge in [-0.25, -0.2) is 4.79 Å². The molecule has 0 aliphatic heterocycles. The average molecular weight is 404 g/mol. The van der Waals surface area contributed by atoms with Crippen LogP contribution in [-0.2, 0) is 9.59 Å². The lowest BCUT2D eigenvalue weighted by atomic mass is 9.94. The number of rotatable bonds is 9. The highest BCUT2D eigenvalue weighted by Crippen LogP contribution is 2.38. The van der Waals surface area contributed by atoms with Gasteiger partial charge < -0.3 is 14.2 Å². The van der Waals surface area contributed by atoms with Gasteiger partial charge >= 0.3 is 5.97 Å². The summed E-state index contributed by atoms with van der Waals surface area (Å²) in [5.41, 5.74) is 4.20. The molecule has 0 atom stereocenters. The number of carbonyl (C=O) groups is 2. The number of allylic oxidation sites excluding steroid dienone is 1. The van der Waals surface area contributed by atoms with Gasteiger partial charge in [-0.05, 0) is 61.2 Å². The molecule has 0 saturated heterocycles. The molecule has 2 aromatic carbocycles. The average Bonchev–Trinajstić information content (AvgIpc) is 2.72. The van der Waals surface area contributed by atoms with Gasteiger partial charge in [-0.2, -0.15) is 0 Å². The largest absolute Gasteiger partial charge is 0.461 e. The molecule has 0 N–H and O–H groups in total. The summed E-state index contributed by atoms with van der Waals surface area (Å²) in [5, 5.41) is 0. The molecule has 5 heteroatoms. The molecular weight excluding hydrogens is 380 g/mol. The second-order valence-corrected chi connectivity index (χ2v) is 6.71. The van der Waals surface area contributed by atoms with Crippen molar-refractivity contribution in [1.29, 1.82) is 0 Å². The Labute approximate surface area is 176 Å². The van der Waals surface area contributed by atoms with E-state index < -0.39 is 5.97 Å². The van der Waals surface area contributed by atoms with Crippen molar-refractivity contribution in [3.8, 4) is 28.4 Å². The Morgan fingerprint density at radius 2 is 1.57 bits per heavy atom. The van der Waals surface area contributed by atoms with Crippen molar-refractivity contribution < 1.29 is 23.8 Å². The third kappa shape index (κ3) is 5.14. The Morgan fingerprint density at radius 1 is 0.900 bits per heavy atom. The van der Waals surface area contributed by atoms with Crippen LogP contribution in [0.3, 0.4) is 0 Å². The van der Waals surface area contributed by atoms with Crippen molar-refractivity contribution in [3.05, 3.63) is 78.6 Å². The number of benzene rings is 2. The number of hydrogen-bond acceptors (Lipinski definition) is 5. The van der Waals surface area contributed by atoms with Crippen molar-refractivity contribution in [2.75, 3.05) is 0 Å². The lowest BCUT2D eigenvalue weighted by Crippen LogP contribution is -2.09. The minimum atomic E-state index is -0.520. The summed E-state index contributed by atoms with van der Waals surface area (Å²) in [5.74, 6) is 0.517. The topological polar surface area (TPSA) is 61.8 Å². The highest BCUT2D eigenvalue weighted by atomic mass is 16.5. The van der Waals surface area contributed by atoms with Gasteiger partial charge in [-0.3, -0.25) is 4.79 Å².